The van der Waals surface area contributed by atoms with Crippen molar-refractivity contribution in [3.8, 4) is 11.9 Å². The maximum atomic E-state index is 9.01. The lowest BCUT2D eigenvalue weighted by Crippen LogP contribution is -2.11. The van der Waals surface area contributed by atoms with Gasteiger partial charge in [0.05, 0.1) is 5.69 Å². The number of nitrogens with zero attached hydrogens (tertiary/aromatic N) is 2. The molecule has 0 saturated heterocycles. The Balaban J connectivity index is 2.17. The van der Waals surface area contributed by atoms with Crippen molar-refractivity contribution in [2.45, 2.75) is 20.5 Å². The molecule has 0 aromatic heterocycles. The standard InChI is InChI=1S/C17H18N2O/c1-13-8-9-17(14(2)10-13)20-11-15-6-4-5-7-16(15)19(3)12-18/h4-10H,11H2,1-3H3. The summed E-state index contributed by atoms with van der Waals surface area (Å²) < 4.78 is 5.88. The average Bonchev–Trinajstić information content (AvgIpc) is 2.46. The van der Waals surface area contributed by atoms with Crippen LogP contribution in [0.3, 0.4) is 0 Å². The van der Waals surface area contributed by atoms with Crippen LogP contribution in [0.15, 0.2) is 42.5 Å². The van der Waals surface area contributed by atoms with E-state index in [1.54, 1.807) is 11.9 Å². The normalized spacial score (nSPS) is 9.90. The second kappa shape index (κ2) is 6.12. The van der Waals surface area contributed by atoms with Crippen molar-refractivity contribution >= 4 is 5.69 Å². The number of nitriles is 1. The van der Waals surface area contributed by atoms with E-state index in [1.165, 1.54) is 5.56 Å². The Morgan fingerprint density at radius 3 is 2.60 bits per heavy atom. The van der Waals surface area contributed by atoms with Gasteiger partial charge in [-0.25, -0.2) is 0 Å². The Hall–Kier alpha value is -2.47. The zero-order valence-corrected chi connectivity index (χ0v) is 12.1. The number of anilines is 1. The number of hydrogen-bond donors (Lipinski definition) is 0. The molecule has 0 fully saturated rings. The Labute approximate surface area is 120 Å². The van der Waals surface area contributed by atoms with Gasteiger partial charge in [0.15, 0.2) is 6.19 Å². The molecule has 0 aliphatic carbocycles. The van der Waals surface area contributed by atoms with Crippen LogP contribution < -0.4 is 9.64 Å². The highest BCUT2D eigenvalue weighted by Gasteiger charge is 2.07. The van der Waals surface area contributed by atoms with Gasteiger partial charge in [-0.05, 0) is 31.5 Å². The topological polar surface area (TPSA) is 36.3 Å². The van der Waals surface area contributed by atoms with Gasteiger partial charge in [-0.15, -0.1) is 0 Å². The van der Waals surface area contributed by atoms with Crippen molar-refractivity contribution in [1.29, 1.82) is 5.26 Å². The molecule has 0 amide bonds. The maximum absolute atomic E-state index is 9.01. The molecule has 20 heavy (non-hydrogen) atoms. The Bertz CT molecular complexity index is 644. The zero-order valence-electron chi connectivity index (χ0n) is 12.1. The molecule has 102 valence electrons. The summed E-state index contributed by atoms with van der Waals surface area (Å²) in [7, 11) is 1.75. The molecule has 0 saturated carbocycles. The van der Waals surface area contributed by atoms with E-state index in [0.717, 1.165) is 22.6 Å². The minimum atomic E-state index is 0.450. The largest absolute Gasteiger partial charge is 0.489 e. The molecule has 0 aliphatic rings. The van der Waals surface area contributed by atoms with E-state index in [-0.39, 0.29) is 0 Å². The molecule has 0 aliphatic heterocycles. The van der Waals surface area contributed by atoms with Gasteiger partial charge in [-0.2, -0.15) is 5.26 Å². The molecule has 0 bridgehead atoms. The van der Waals surface area contributed by atoms with Gasteiger partial charge in [0.25, 0.3) is 0 Å². The Morgan fingerprint density at radius 1 is 1.15 bits per heavy atom. The van der Waals surface area contributed by atoms with Crippen LogP contribution in [0, 0.1) is 25.3 Å². The van der Waals surface area contributed by atoms with Gasteiger partial charge in [-0.1, -0.05) is 35.9 Å². The molecule has 0 atom stereocenters. The number of para-hydroxylation sites is 1. The molecule has 0 radical (unpaired) electrons. The van der Waals surface area contributed by atoms with E-state index >= 15 is 0 Å². The number of rotatable bonds is 4. The van der Waals surface area contributed by atoms with Crippen molar-refractivity contribution in [3.05, 3.63) is 59.2 Å². The second-order valence-corrected chi connectivity index (χ2v) is 4.85. The molecule has 2 rings (SSSR count). The van der Waals surface area contributed by atoms with Gasteiger partial charge >= 0.3 is 0 Å². The lowest BCUT2D eigenvalue weighted by Gasteiger charge is -2.16. The third-order valence-corrected chi connectivity index (χ3v) is 3.22. The van der Waals surface area contributed by atoms with Gasteiger partial charge in [0.1, 0.15) is 12.4 Å². The summed E-state index contributed by atoms with van der Waals surface area (Å²) in [5.41, 5.74) is 4.21. The number of aryl methyl sites for hydroxylation is 2. The van der Waals surface area contributed by atoms with Crippen LogP contribution in [-0.2, 0) is 6.61 Å². The minimum Gasteiger partial charge on any atom is -0.489 e. The lowest BCUT2D eigenvalue weighted by molar-refractivity contribution is 0.304. The van der Waals surface area contributed by atoms with Gasteiger partial charge in [-0.3, -0.25) is 4.90 Å². The van der Waals surface area contributed by atoms with E-state index < -0.39 is 0 Å². The van der Waals surface area contributed by atoms with E-state index in [2.05, 4.69) is 19.2 Å². The number of hydrogen-bond acceptors (Lipinski definition) is 3. The fraction of sp³-hybridized carbons (Fsp3) is 0.235. The first-order valence-corrected chi connectivity index (χ1v) is 6.53. The van der Waals surface area contributed by atoms with E-state index in [9.17, 15) is 0 Å². The third-order valence-electron chi connectivity index (χ3n) is 3.22. The molecule has 2 aromatic carbocycles. The van der Waals surface area contributed by atoms with Crippen molar-refractivity contribution in [2.24, 2.45) is 0 Å². The maximum Gasteiger partial charge on any atom is 0.184 e. The fourth-order valence-electron chi connectivity index (χ4n) is 2.13. The van der Waals surface area contributed by atoms with Crippen LogP contribution in [0.1, 0.15) is 16.7 Å². The van der Waals surface area contributed by atoms with Crippen LogP contribution in [0.4, 0.5) is 5.69 Å². The monoisotopic (exact) mass is 266 g/mol. The van der Waals surface area contributed by atoms with Gasteiger partial charge < -0.3 is 4.74 Å². The number of ether oxygens (including phenoxy) is 1. The van der Waals surface area contributed by atoms with Crippen LogP contribution in [0.2, 0.25) is 0 Å². The third kappa shape index (κ3) is 3.10. The molecular weight excluding hydrogens is 248 g/mol. The molecule has 0 spiro atoms. The van der Waals surface area contributed by atoms with Crippen molar-refractivity contribution in [3.63, 3.8) is 0 Å². The zero-order chi connectivity index (χ0) is 14.5. The van der Waals surface area contributed by atoms with Crippen LogP contribution in [0.5, 0.6) is 5.75 Å². The summed E-state index contributed by atoms with van der Waals surface area (Å²) in [4.78, 5) is 1.54. The molecule has 0 N–H and O–H groups in total. The molecule has 3 heteroatoms. The summed E-state index contributed by atoms with van der Waals surface area (Å²) in [6, 6.07) is 13.9. The first kappa shape index (κ1) is 14.0. The first-order valence-electron chi connectivity index (χ1n) is 6.53. The van der Waals surface area contributed by atoms with Gasteiger partial charge in [0, 0.05) is 12.6 Å². The summed E-state index contributed by atoms with van der Waals surface area (Å²) in [5, 5.41) is 9.01. The van der Waals surface area contributed by atoms with Crippen molar-refractivity contribution in [1.82, 2.24) is 0 Å². The summed E-state index contributed by atoms with van der Waals surface area (Å²) in [6.45, 7) is 4.55. The first-order chi connectivity index (χ1) is 9.61. The Kier molecular flexibility index (Phi) is 4.27. The summed E-state index contributed by atoms with van der Waals surface area (Å²) >= 11 is 0. The van der Waals surface area contributed by atoms with E-state index in [4.69, 9.17) is 10.00 Å². The quantitative estimate of drug-likeness (QED) is 0.624. The Morgan fingerprint density at radius 2 is 1.90 bits per heavy atom. The lowest BCUT2D eigenvalue weighted by atomic mass is 10.1. The predicted octanol–water partition coefficient (Wildman–Crippen LogP) is 3.80. The second-order valence-electron chi connectivity index (χ2n) is 4.85. The smallest absolute Gasteiger partial charge is 0.184 e. The summed E-state index contributed by atoms with van der Waals surface area (Å²) in [6.07, 6.45) is 2.12. The van der Waals surface area contributed by atoms with E-state index in [0.29, 0.717) is 6.61 Å². The van der Waals surface area contributed by atoms with Crippen molar-refractivity contribution < 1.29 is 4.74 Å². The fourth-order valence-corrected chi connectivity index (χ4v) is 2.13. The highest BCUT2D eigenvalue weighted by molar-refractivity contribution is 5.55. The van der Waals surface area contributed by atoms with Crippen LogP contribution in [0.25, 0.3) is 0 Å². The van der Waals surface area contributed by atoms with Gasteiger partial charge in [0.2, 0.25) is 0 Å². The summed E-state index contributed by atoms with van der Waals surface area (Å²) in [5.74, 6) is 0.880. The van der Waals surface area contributed by atoms with Crippen LogP contribution >= 0.6 is 0 Å². The average molecular weight is 266 g/mol. The highest BCUT2D eigenvalue weighted by atomic mass is 16.5. The highest BCUT2D eigenvalue weighted by Crippen LogP contribution is 2.23. The van der Waals surface area contributed by atoms with E-state index in [1.807, 2.05) is 43.3 Å². The molecule has 0 heterocycles. The SMILES string of the molecule is Cc1ccc(OCc2ccccc2N(C)C#N)c(C)c1. The minimum absolute atomic E-state index is 0.450. The molecule has 0 unspecified atom stereocenters. The molecule has 3 nitrogen and oxygen atoms in total. The molecular formula is C17H18N2O. The van der Waals surface area contributed by atoms with Crippen LogP contribution in [-0.4, -0.2) is 7.05 Å². The van der Waals surface area contributed by atoms with Crippen molar-refractivity contribution in [2.75, 3.05) is 11.9 Å². The molecule has 2 aromatic rings. The predicted molar refractivity (Wildman–Crippen MR) is 80.7 cm³/mol. The number of benzene rings is 2.